The molecule has 41 heavy (non-hydrogen) atoms. The topological polar surface area (TPSA) is 120 Å². The van der Waals surface area contributed by atoms with Gasteiger partial charge < -0.3 is 15.3 Å². The lowest BCUT2D eigenvalue weighted by molar-refractivity contribution is 0.228. The molecule has 0 spiro atoms. The van der Waals surface area contributed by atoms with Gasteiger partial charge in [0.1, 0.15) is 41.2 Å². The first-order valence-electron chi connectivity index (χ1n) is 13.6. The SMILES string of the molecule is CC(c1oc(=O)c2ccccc2c1C1=CC(C)(C)CC(C)(C)C1)n1nc(-c2cc(O)cc(F)c2)c2c(N)ncnc21. The Bertz CT molecular complexity index is 1920. The van der Waals surface area contributed by atoms with E-state index in [2.05, 4.69) is 43.7 Å². The van der Waals surface area contributed by atoms with E-state index in [0.29, 0.717) is 33.4 Å². The van der Waals surface area contributed by atoms with Gasteiger partial charge >= 0.3 is 5.63 Å². The van der Waals surface area contributed by atoms with E-state index in [-0.39, 0.29) is 22.4 Å². The highest BCUT2D eigenvalue weighted by Gasteiger charge is 2.36. The second-order valence-electron chi connectivity index (χ2n) is 12.5. The van der Waals surface area contributed by atoms with Gasteiger partial charge in [-0.1, -0.05) is 52.0 Å². The van der Waals surface area contributed by atoms with Crippen LogP contribution in [0.1, 0.15) is 64.8 Å². The molecule has 0 bridgehead atoms. The van der Waals surface area contributed by atoms with E-state index in [0.717, 1.165) is 35.4 Å². The van der Waals surface area contributed by atoms with Crippen molar-refractivity contribution in [3.63, 3.8) is 0 Å². The Morgan fingerprint density at radius 3 is 2.54 bits per heavy atom. The van der Waals surface area contributed by atoms with Gasteiger partial charge in [0.2, 0.25) is 0 Å². The number of phenols is 1. The van der Waals surface area contributed by atoms with Crippen molar-refractivity contribution in [3.05, 3.63) is 82.4 Å². The molecular weight excluding hydrogens is 521 g/mol. The zero-order valence-corrected chi connectivity index (χ0v) is 23.7. The van der Waals surface area contributed by atoms with E-state index in [4.69, 9.17) is 15.2 Å². The number of benzene rings is 2. The zero-order valence-electron chi connectivity index (χ0n) is 23.7. The lowest BCUT2D eigenvalue weighted by Gasteiger charge is -2.40. The summed E-state index contributed by atoms with van der Waals surface area (Å²) < 4.78 is 22.1. The predicted octanol–water partition coefficient (Wildman–Crippen LogP) is 6.87. The number of fused-ring (bicyclic) bond motifs is 2. The Kier molecular flexibility index (Phi) is 6.02. The van der Waals surface area contributed by atoms with Crippen LogP contribution in [-0.4, -0.2) is 24.9 Å². The molecule has 5 aromatic rings. The fraction of sp³-hybridized carbons (Fsp3) is 0.312. The van der Waals surface area contributed by atoms with E-state index < -0.39 is 17.5 Å². The molecular formula is C32H32FN5O3. The summed E-state index contributed by atoms with van der Waals surface area (Å²) in [7, 11) is 0. The third-order valence-corrected chi connectivity index (χ3v) is 7.78. The number of aromatic nitrogens is 4. The summed E-state index contributed by atoms with van der Waals surface area (Å²) in [5.74, 6) is -0.263. The maximum Gasteiger partial charge on any atom is 0.343 e. The summed E-state index contributed by atoms with van der Waals surface area (Å²) in [5, 5.41) is 16.6. The quantitative estimate of drug-likeness (QED) is 0.249. The van der Waals surface area contributed by atoms with Crippen LogP contribution in [0.4, 0.5) is 10.2 Å². The van der Waals surface area contributed by atoms with Crippen molar-refractivity contribution in [1.29, 1.82) is 0 Å². The number of nitrogen functional groups attached to an aromatic ring is 1. The van der Waals surface area contributed by atoms with E-state index in [9.17, 15) is 14.3 Å². The molecule has 1 aliphatic carbocycles. The summed E-state index contributed by atoms with van der Waals surface area (Å²) in [4.78, 5) is 21.9. The molecule has 3 heterocycles. The van der Waals surface area contributed by atoms with Gasteiger partial charge in [0.15, 0.2) is 5.65 Å². The molecule has 0 saturated carbocycles. The smallest absolute Gasteiger partial charge is 0.343 e. The molecule has 3 N–H and O–H groups in total. The number of phenolic OH excluding ortho intramolecular Hbond substituents is 1. The van der Waals surface area contributed by atoms with Crippen molar-refractivity contribution in [1.82, 2.24) is 19.7 Å². The zero-order chi connectivity index (χ0) is 29.3. The molecule has 2 aromatic carbocycles. The summed E-state index contributed by atoms with van der Waals surface area (Å²) in [6.45, 7) is 10.8. The minimum Gasteiger partial charge on any atom is -0.508 e. The highest BCUT2D eigenvalue weighted by atomic mass is 19.1. The van der Waals surface area contributed by atoms with E-state index in [1.54, 1.807) is 10.7 Å². The van der Waals surface area contributed by atoms with E-state index in [1.807, 2.05) is 25.1 Å². The van der Waals surface area contributed by atoms with Gasteiger partial charge in [-0.25, -0.2) is 23.8 Å². The van der Waals surface area contributed by atoms with Crippen LogP contribution in [0.15, 0.2) is 64.1 Å². The summed E-state index contributed by atoms with van der Waals surface area (Å²) in [5.41, 5.74) is 8.79. The molecule has 0 aliphatic heterocycles. The number of nitrogens with zero attached hydrogens (tertiary/aromatic N) is 4. The van der Waals surface area contributed by atoms with Crippen molar-refractivity contribution in [3.8, 4) is 17.0 Å². The van der Waals surface area contributed by atoms with E-state index in [1.165, 1.54) is 18.5 Å². The van der Waals surface area contributed by atoms with Crippen LogP contribution in [-0.2, 0) is 0 Å². The highest BCUT2D eigenvalue weighted by Crippen LogP contribution is 2.49. The molecule has 0 radical (unpaired) electrons. The van der Waals surface area contributed by atoms with Crippen LogP contribution in [0.25, 0.3) is 38.6 Å². The van der Waals surface area contributed by atoms with Gasteiger partial charge in [-0.05, 0) is 59.8 Å². The predicted molar refractivity (Wildman–Crippen MR) is 158 cm³/mol. The molecule has 0 saturated heterocycles. The molecule has 1 unspecified atom stereocenters. The lowest BCUT2D eigenvalue weighted by Crippen LogP contribution is -2.27. The van der Waals surface area contributed by atoms with Crippen molar-refractivity contribution in [2.45, 2.75) is 53.5 Å². The minimum atomic E-state index is -0.622. The van der Waals surface area contributed by atoms with Crippen LogP contribution in [0.3, 0.4) is 0 Å². The number of hydrogen-bond acceptors (Lipinski definition) is 7. The molecule has 210 valence electrons. The summed E-state index contributed by atoms with van der Waals surface area (Å²) >= 11 is 0. The first-order valence-corrected chi connectivity index (χ1v) is 13.6. The summed E-state index contributed by atoms with van der Waals surface area (Å²) in [6, 6.07) is 10.6. The largest absolute Gasteiger partial charge is 0.508 e. The van der Waals surface area contributed by atoms with Crippen LogP contribution >= 0.6 is 0 Å². The maximum absolute atomic E-state index is 14.3. The summed E-state index contributed by atoms with van der Waals surface area (Å²) in [6.07, 6.45) is 5.45. The number of hydrogen-bond donors (Lipinski definition) is 2. The van der Waals surface area contributed by atoms with Gasteiger partial charge in [0.05, 0.1) is 10.8 Å². The van der Waals surface area contributed by atoms with Gasteiger partial charge in [0, 0.05) is 17.2 Å². The molecule has 0 fully saturated rings. The van der Waals surface area contributed by atoms with Crippen LogP contribution < -0.4 is 11.4 Å². The third-order valence-electron chi connectivity index (χ3n) is 7.78. The standard InChI is InChI=1S/C32H32FN5O3/c1-17(38-29-25(28(34)35-16-36-29)26(37-38)18-10-20(33)12-21(39)11-18)27-24(19-13-31(2,3)15-32(4,5)14-19)22-8-6-7-9-23(22)30(40)41-27/h6-13,16-17,39H,14-15H2,1-5H3,(H2,34,35,36). The van der Waals surface area contributed by atoms with Gasteiger partial charge in [0.25, 0.3) is 0 Å². The molecule has 9 heteroatoms. The average molecular weight is 554 g/mol. The molecule has 8 nitrogen and oxygen atoms in total. The maximum atomic E-state index is 14.3. The van der Waals surface area contributed by atoms with Gasteiger partial charge in [-0.3, -0.25) is 0 Å². The van der Waals surface area contributed by atoms with Crippen LogP contribution in [0, 0.1) is 16.6 Å². The molecule has 6 rings (SSSR count). The van der Waals surface area contributed by atoms with Crippen molar-refractivity contribution < 1.29 is 13.9 Å². The van der Waals surface area contributed by atoms with Crippen LogP contribution in [0.2, 0.25) is 0 Å². The fourth-order valence-corrected chi connectivity index (χ4v) is 6.68. The Morgan fingerprint density at radius 1 is 1.10 bits per heavy atom. The van der Waals surface area contributed by atoms with Crippen molar-refractivity contribution >= 4 is 33.2 Å². The van der Waals surface area contributed by atoms with E-state index >= 15 is 0 Å². The number of aromatic hydroxyl groups is 1. The van der Waals surface area contributed by atoms with Gasteiger partial charge in [-0.15, -0.1) is 0 Å². The normalized spacial score (nSPS) is 17.1. The molecule has 0 amide bonds. The molecule has 1 atom stereocenters. The molecule has 1 aliphatic rings. The first kappa shape index (κ1) is 26.7. The Balaban J connectivity index is 1.64. The lowest BCUT2D eigenvalue weighted by atomic mass is 9.65. The van der Waals surface area contributed by atoms with Gasteiger partial charge in [-0.2, -0.15) is 5.10 Å². The Labute approximate surface area is 236 Å². The number of allylic oxidation sites excluding steroid dienone is 2. The van der Waals surface area contributed by atoms with Crippen LogP contribution in [0.5, 0.6) is 5.75 Å². The number of halogens is 1. The minimum absolute atomic E-state index is 0.0258. The van der Waals surface area contributed by atoms with Crippen molar-refractivity contribution in [2.24, 2.45) is 10.8 Å². The Hall–Kier alpha value is -4.53. The van der Waals surface area contributed by atoms with Crippen molar-refractivity contribution in [2.75, 3.05) is 5.73 Å². The third kappa shape index (κ3) is 4.65. The number of rotatable bonds is 4. The number of nitrogens with two attached hydrogens (primary N) is 1. The highest BCUT2D eigenvalue weighted by molar-refractivity contribution is 5.99. The number of anilines is 1. The molecule has 3 aromatic heterocycles. The first-order chi connectivity index (χ1) is 19.3. The second-order valence-corrected chi connectivity index (χ2v) is 12.5. The second kappa shape index (κ2) is 9.26. The Morgan fingerprint density at radius 2 is 1.83 bits per heavy atom. The average Bonchev–Trinajstić information content (AvgIpc) is 3.27. The monoisotopic (exact) mass is 553 g/mol. The fourth-order valence-electron chi connectivity index (χ4n) is 6.68.